The molecule has 0 bridgehead atoms. The van der Waals surface area contributed by atoms with Crippen molar-refractivity contribution in [3.05, 3.63) is 71.8 Å². The van der Waals surface area contributed by atoms with Crippen LogP contribution in [0.4, 0.5) is 5.69 Å². The van der Waals surface area contributed by atoms with E-state index in [-0.39, 0.29) is 12.5 Å². The van der Waals surface area contributed by atoms with E-state index in [0.717, 1.165) is 27.6 Å². The molecule has 1 heterocycles. The summed E-state index contributed by atoms with van der Waals surface area (Å²) in [4.78, 5) is 15.0. The van der Waals surface area contributed by atoms with Crippen LogP contribution in [0.3, 0.4) is 0 Å². The van der Waals surface area contributed by atoms with Crippen LogP contribution < -0.4 is 5.32 Å². The number of carbonyl (C=O) groups excluding carboxylic acids is 1. The molecular formula is C24H27N3O3S. The van der Waals surface area contributed by atoms with Gasteiger partial charge in [-0.25, -0.2) is 8.42 Å². The lowest BCUT2D eigenvalue weighted by atomic mass is 10.1. The second-order valence-electron chi connectivity index (χ2n) is 8.02. The molecule has 0 saturated carbocycles. The van der Waals surface area contributed by atoms with Gasteiger partial charge < -0.3 is 5.32 Å². The molecule has 162 valence electrons. The van der Waals surface area contributed by atoms with E-state index in [1.165, 1.54) is 4.31 Å². The van der Waals surface area contributed by atoms with Gasteiger partial charge in [0, 0.05) is 37.3 Å². The number of rotatable bonds is 5. The molecule has 0 aromatic heterocycles. The highest BCUT2D eigenvalue weighted by molar-refractivity contribution is 7.89. The summed E-state index contributed by atoms with van der Waals surface area (Å²) in [6.07, 6.45) is 0. The predicted octanol–water partition coefficient (Wildman–Crippen LogP) is 3.40. The van der Waals surface area contributed by atoms with Crippen molar-refractivity contribution in [2.75, 3.05) is 38.0 Å². The Bertz CT molecular complexity index is 1210. The van der Waals surface area contributed by atoms with Gasteiger partial charge in [-0.1, -0.05) is 54.1 Å². The molecule has 0 unspecified atom stereocenters. The highest BCUT2D eigenvalue weighted by Gasteiger charge is 2.30. The SMILES string of the molecule is Cc1ccc(S(=O)(=O)N2CCN(CC(=O)Nc3cccc4ccccc34)CC2)c(C)c1. The summed E-state index contributed by atoms with van der Waals surface area (Å²) in [6, 6.07) is 19.2. The van der Waals surface area contributed by atoms with E-state index < -0.39 is 10.0 Å². The summed E-state index contributed by atoms with van der Waals surface area (Å²) in [6.45, 7) is 5.80. The van der Waals surface area contributed by atoms with Gasteiger partial charge in [0.2, 0.25) is 15.9 Å². The van der Waals surface area contributed by atoms with Crippen molar-refractivity contribution in [1.29, 1.82) is 0 Å². The molecule has 7 heteroatoms. The number of sulfonamides is 1. The van der Waals surface area contributed by atoms with Crippen LogP contribution in [0.25, 0.3) is 10.8 Å². The lowest BCUT2D eigenvalue weighted by Gasteiger charge is -2.33. The van der Waals surface area contributed by atoms with Crippen LogP contribution in [0.15, 0.2) is 65.6 Å². The summed E-state index contributed by atoms with van der Waals surface area (Å²) in [5, 5.41) is 5.08. The summed E-state index contributed by atoms with van der Waals surface area (Å²) in [5.41, 5.74) is 2.59. The molecule has 1 N–H and O–H groups in total. The zero-order valence-electron chi connectivity index (χ0n) is 17.8. The highest BCUT2D eigenvalue weighted by atomic mass is 32.2. The first-order chi connectivity index (χ1) is 14.8. The number of fused-ring (bicyclic) bond motifs is 1. The van der Waals surface area contributed by atoms with E-state index in [1.54, 1.807) is 6.07 Å². The predicted molar refractivity (Wildman–Crippen MR) is 124 cm³/mol. The summed E-state index contributed by atoms with van der Waals surface area (Å²) in [7, 11) is -3.53. The topological polar surface area (TPSA) is 69.7 Å². The number of benzene rings is 3. The number of hydrogen-bond acceptors (Lipinski definition) is 4. The molecule has 1 aliphatic rings. The third-order valence-corrected chi connectivity index (χ3v) is 7.77. The molecular weight excluding hydrogens is 410 g/mol. The van der Waals surface area contributed by atoms with Crippen LogP contribution >= 0.6 is 0 Å². The first-order valence-electron chi connectivity index (χ1n) is 10.4. The maximum Gasteiger partial charge on any atom is 0.243 e. The van der Waals surface area contributed by atoms with Gasteiger partial charge in [-0.2, -0.15) is 4.31 Å². The Balaban J connectivity index is 1.37. The Hall–Kier alpha value is -2.74. The van der Waals surface area contributed by atoms with Gasteiger partial charge >= 0.3 is 0 Å². The molecule has 6 nitrogen and oxygen atoms in total. The number of amides is 1. The Kier molecular flexibility index (Phi) is 6.09. The van der Waals surface area contributed by atoms with E-state index in [4.69, 9.17) is 0 Å². The Labute approximate surface area is 183 Å². The number of carbonyl (C=O) groups is 1. The largest absolute Gasteiger partial charge is 0.324 e. The summed E-state index contributed by atoms with van der Waals surface area (Å²) >= 11 is 0. The second-order valence-corrected chi connectivity index (χ2v) is 9.93. The van der Waals surface area contributed by atoms with Gasteiger partial charge in [-0.05, 0) is 36.9 Å². The normalized spacial score (nSPS) is 15.8. The van der Waals surface area contributed by atoms with Crippen LogP contribution in [-0.4, -0.2) is 56.3 Å². The fraction of sp³-hybridized carbons (Fsp3) is 0.292. The van der Waals surface area contributed by atoms with E-state index in [0.29, 0.717) is 31.1 Å². The van der Waals surface area contributed by atoms with E-state index in [2.05, 4.69) is 5.32 Å². The molecule has 0 aliphatic carbocycles. The Morgan fingerprint density at radius 1 is 0.935 bits per heavy atom. The molecule has 0 atom stereocenters. The molecule has 31 heavy (non-hydrogen) atoms. The molecule has 3 aromatic carbocycles. The molecule has 1 saturated heterocycles. The van der Waals surface area contributed by atoms with Crippen molar-refractivity contribution in [1.82, 2.24) is 9.21 Å². The molecule has 1 aliphatic heterocycles. The third kappa shape index (κ3) is 4.63. The van der Waals surface area contributed by atoms with Gasteiger partial charge in [0.15, 0.2) is 0 Å². The number of hydrogen-bond donors (Lipinski definition) is 1. The van der Waals surface area contributed by atoms with Crippen LogP contribution in [-0.2, 0) is 14.8 Å². The minimum atomic E-state index is -3.53. The van der Waals surface area contributed by atoms with Crippen LogP contribution in [0, 0.1) is 13.8 Å². The standard InChI is InChI=1S/C24H27N3O3S/c1-18-10-11-23(19(2)16-18)31(29,30)27-14-12-26(13-15-27)17-24(28)25-22-9-5-7-20-6-3-4-8-21(20)22/h3-11,16H,12-15,17H2,1-2H3,(H,25,28). The minimum absolute atomic E-state index is 0.0953. The zero-order valence-corrected chi connectivity index (χ0v) is 18.7. The van der Waals surface area contributed by atoms with Crippen molar-refractivity contribution in [2.24, 2.45) is 0 Å². The molecule has 1 fully saturated rings. The fourth-order valence-corrected chi connectivity index (χ4v) is 5.71. The summed E-state index contributed by atoms with van der Waals surface area (Å²) < 4.78 is 27.6. The first kappa shape index (κ1) is 21.5. The maximum atomic E-state index is 13.0. The molecule has 0 radical (unpaired) electrons. The van der Waals surface area contributed by atoms with Crippen LogP contribution in [0.5, 0.6) is 0 Å². The van der Waals surface area contributed by atoms with Crippen molar-refractivity contribution in [3.8, 4) is 0 Å². The van der Waals surface area contributed by atoms with Gasteiger partial charge in [0.25, 0.3) is 0 Å². The number of nitrogens with zero attached hydrogens (tertiary/aromatic N) is 2. The quantitative estimate of drug-likeness (QED) is 0.664. The highest BCUT2D eigenvalue weighted by Crippen LogP contribution is 2.24. The number of anilines is 1. The number of aryl methyl sites for hydroxylation is 2. The molecule has 0 spiro atoms. The smallest absolute Gasteiger partial charge is 0.243 e. The van der Waals surface area contributed by atoms with Crippen molar-refractivity contribution in [3.63, 3.8) is 0 Å². The van der Waals surface area contributed by atoms with Crippen molar-refractivity contribution in [2.45, 2.75) is 18.7 Å². The molecule has 1 amide bonds. The van der Waals surface area contributed by atoms with Crippen LogP contribution in [0.1, 0.15) is 11.1 Å². The Morgan fingerprint density at radius 2 is 1.65 bits per heavy atom. The average molecular weight is 438 g/mol. The maximum absolute atomic E-state index is 13.0. The third-order valence-electron chi connectivity index (χ3n) is 5.71. The van der Waals surface area contributed by atoms with E-state index in [9.17, 15) is 13.2 Å². The lowest BCUT2D eigenvalue weighted by Crippen LogP contribution is -2.50. The average Bonchev–Trinajstić information content (AvgIpc) is 2.74. The van der Waals surface area contributed by atoms with Gasteiger partial charge in [0.05, 0.1) is 11.4 Å². The first-order valence-corrected chi connectivity index (χ1v) is 11.9. The van der Waals surface area contributed by atoms with Gasteiger partial charge in [-0.15, -0.1) is 0 Å². The second kappa shape index (κ2) is 8.78. The van der Waals surface area contributed by atoms with Crippen molar-refractivity contribution < 1.29 is 13.2 Å². The lowest BCUT2D eigenvalue weighted by molar-refractivity contribution is -0.117. The molecule has 3 aromatic rings. The van der Waals surface area contributed by atoms with E-state index >= 15 is 0 Å². The summed E-state index contributed by atoms with van der Waals surface area (Å²) in [5.74, 6) is -0.0953. The van der Waals surface area contributed by atoms with Gasteiger partial charge in [0.1, 0.15) is 0 Å². The van der Waals surface area contributed by atoms with Crippen LogP contribution in [0.2, 0.25) is 0 Å². The minimum Gasteiger partial charge on any atom is -0.324 e. The number of nitrogens with one attached hydrogen (secondary N) is 1. The zero-order chi connectivity index (χ0) is 22.0. The van der Waals surface area contributed by atoms with Gasteiger partial charge in [-0.3, -0.25) is 9.69 Å². The molecule has 4 rings (SSSR count). The fourth-order valence-electron chi connectivity index (χ4n) is 4.08. The monoisotopic (exact) mass is 437 g/mol. The number of piperazine rings is 1. The van der Waals surface area contributed by atoms with Crippen molar-refractivity contribution >= 4 is 32.4 Å². The Morgan fingerprint density at radius 3 is 2.39 bits per heavy atom. The van der Waals surface area contributed by atoms with E-state index in [1.807, 2.05) is 73.3 Å².